The third-order valence-corrected chi connectivity index (χ3v) is 4.84. The third-order valence-electron chi connectivity index (χ3n) is 2.91. The van der Waals surface area contributed by atoms with Gasteiger partial charge in [0.25, 0.3) is 5.56 Å². The van der Waals surface area contributed by atoms with Crippen molar-refractivity contribution in [3.05, 3.63) is 63.0 Å². The van der Waals surface area contributed by atoms with E-state index in [-0.39, 0.29) is 5.56 Å². The van der Waals surface area contributed by atoms with Crippen molar-refractivity contribution >= 4 is 28.1 Å². The predicted molar refractivity (Wildman–Crippen MR) is 84.8 cm³/mol. The fourth-order valence-corrected chi connectivity index (χ4v) is 3.75. The number of fused-ring (bicyclic) bond motifs is 1. The van der Waals surface area contributed by atoms with Crippen LogP contribution in [0.5, 0.6) is 0 Å². The summed E-state index contributed by atoms with van der Waals surface area (Å²) in [5.41, 5.74) is 2.08. The molecule has 0 amide bonds. The van der Waals surface area contributed by atoms with Gasteiger partial charge in [-0.25, -0.2) is 4.98 Å². The van der Waals surface area contributed by atoms with Gasteiger partial charge in [0.05, 0.1) is 5.69 Å². The molecule has 0 saturated heterocycles. The fraction of sp³-hybridized carbons (Fsp3) is 0.200. The number of rotatable bonds is 3. The van der Waals surface area contributed by atoms with E-state index in [1.807, 2.05) is 19.2 Å². The summed E-state index contributed by atoms with van der Waals surface area (Å²) in [5.74, 6) is 0.714. The summed E-state index contributed by atoms with van der Waals surface area (Å²) in [5, 5.41) is 0. The SMILES string of the molecule is Cc1cccc(SCc2cc(=O)n3cc(C)sc3n2)c1. The monoisotopic (exact) mass is 302 g/mol. The van der Waals surface area contributed by atoms with Crippen LogP contribution in [0.15, 0.2) is 46.2 Å². The van der Waals surface area contributed by atoms with E-state index < -0.39 is 0 Å². The van der Waals surface area contributed by atoms with Crippen molar-refractivity contribution in [2.75, 3.05) is 0 Å². The summed E-state index contributed by atoms with van der Waals surface area (Å²) in [6.07, 6.45) is 1.84. The molecule has 0 fully saturated rings. The molecule has 0 saturated carbocycles. The first kappa shape index (κ1) is 13.4. The number of nitrogens with zero attached hydrogens (tertiary/aromatic N) is 2. The first-order valence-corrected chi connectivity index (χ1v) is 8.10. The van der Waals surface area contributed by atoms with E-state index in [2.05, 4.69) is 30.1 Å². The Balaban J connectivity index is 1.86. The maximum Gasteiger partial charge on any atom is 0.258 e. The van der Waals surface area contributed by atoms with Gasteiger partial charge in [-0.1, -0.05) is 17.7 Å². The Morgan fingerprint density at radius 3 is 2.95 bits per heavy atom. The zero-order valence-electron chi connectivity index (χ0n) is 11.3. The first-order chi connectivity index (χ1) is 9.61. The van der Waals surface area contributed by atoms with Crippen LogP contribution in [0.4, 0.5) is 0 Å². The van der Waals surface area contributed by atoms with Crippen LogP contribution in [-0.4, -0.2) is 9.38 Å². The maximum atomic E-state index is 12.0. The van der Waals surface area contributed by atoms with Crippen molar-refractivity contribution in [2.45, 2.75) is 24.5 Å². The van der Waals surface area contributed by atoms with E-state index in [9.17, 15) is 4.79 Å². The third kappa shape index (κ3) is 2.78. The van der Waals surface area contributed by atoms with Crippen molar-refractivity contribution in [3.63, 3.8) is 0 Å². The van der Waals surface area contributed by atoms with Gasteiger partial charge in [-0.3, -0.25) is 9.20 Å². The molecule has 0 radical (unpaired) electrons. The zero-order valence-corrected chi connectivity index (χ0v) is 12.9. The summed E-state index contributed by atoms with van der Waals surface area (Å²) >= 11 is 3.25. The zero-order chi connectivity index (χ0) is 14.1. The van der Waals surface area contributed by atoms with Crippen molar-refractivity contribution in [2.24, 2.45) is 0 Å². The van der Waals surface area contributed by atoms with Crippen molar-refractivity contribution in [1.29, 1.82) is 0 Å². The van der Waals surface area contributed by atoms with E-state index in [1.54, 1.807) is 33.6 Å². The normalized spacial score (nSPS) is 11.1. The predicted octanol–water partition coefficient (Wildman–Crippen LogP) is 3.67. The summed E-state index contributed by atoms with van der Waals surface area (Å²) in [4.78, 5) is 19.6. The molecule has 0 N–H and O–H groups in total. The quantitative estimate of drug-likeness (QED) is 0.692. The minimum atomic E-state index is -0.000748. The molecule has 0 aliphatic rings. The minimum absolute atomic E-state index is 0.000748. The van der Waals surface area contributed by atoms with Gasteiger partial charge in [0.2, 0.25) is 0 Å². The van der Waals surface area contributed by atoms with Crippen LogP contribution in [0, 0.1) is 13.8 Å². The lowest BCUT2D eigenvalue weighted by molar-refractivity contribution is 1.03. The largest absolute Gasteiger partial charge is 0.269 e. The molecular formula is C15H14N2OS2. The molecule has 0 aliphatic heterocycles. The van der Waals surface area contributed by atoms with Gasteiger partial charge in [-0.05, 0) is 26.0 Å². The van der Waals surface area contributed by atoms with Crippen LogP contribution in [0.3, 0.4) is 0 Å². The number of hydrogen-bond acceptors (Lipinski definition) is 4. The molecule has 3 aromatic rings. The number of benzene rings is 1. The Morgan fingerprint density at radius 1 is 1.30 bits per heavy atom. The molecule has 2 aromatic heterocycles. The Kier molecular flexibility index (Phi) is 3.63. The Labute approximate surface area is 125 Å². The molecule has 0 spiro atoms. The summed E-state index contributed by atoms with van der Waals surface area (Å²) < 4.78 is 1.61. The van der Waals surface area contributed by atoms with E-state index >= 15 is 0 Å². The van der Waals surface area contributed by atoms with Gasteiger partial charge in [0, 0.05) is 27.8 Å². The number of thiazole rings is 1. The van der Waals surface area contributed by atoms with Crippen molar-refractivity contribution in [1.82, 2.24) is 9.38 Å². The second-order valence-corrected chi connectivity index (χ2v) is 6.95. The van der Waals surface area contributed by atoms with Crippen LogP contribution in [0.2, 0.25) is 0 Å². The maximum absolute atomic E-state index is 12.0. The van der Waals surface area contributed by atoms with E-state index in [0.717, 1.165) is 15.5 Å². The average Bonchev–Trinajstić information content (AvgIpc) is 2.78. The highest BCUT2D eigenvalue weighted by atomic mass is 32.2. The van der Waals surface area contributed by atoms with Gasteiger partial charge in [0.1, 0.15) is 0 Å². The molecule has 0 bridgehead atoms. The molecule has 3 nitrogen and oxygen atoms in total. The van der Waals surface area contributed by atoms with Crippen LogP contribution in [0.1, 0.15) is 16.1 Å². The molecule has 3 rings (SSSR count). The minimum Gasteiger partial charge on any atom is -0.269 e. The van der Waals surface area contributed by atoms with Crippen LogP contribution in [0.25, 0.3) is 4.96 Å². The summed E-state index contributed by atoms with van der Waals surface area (Å²) in [6, 6.07) is 9.98. The second-order valence-electron chi connectivity index (χ2n) is 4.69. The number of aromatic nitrogens is 2. The lowest BCUT2D eigenvalue weighted by Gasteiger charge is -2.02. The molecule has 0 aliphatic carbocycles. The van der Waals surface area contributed by atoms with Gasteiger partial charge < -0.3 is 0 Å². The molecule has 20 heavy (non-hydrogen) atoms. The standard InChI is InChI=1S/C15H14N2OS2/c1-10-4-3-5-13(6-10)19-9-12-7-14(18)17-8-11(2)20-15(17)16-12/h3-8H,9H2,1-2H3. The summed E-state index contributed by atoms with van der Waals surface area (Å²) in [7, 11) is 0. The smallest absolute Gasteiger partial charge is 0.258 e. The topological polar surface area (TPSA) is 34.4 Å². The molecule has 2 heterocycles. The van der Waals surface area contributed by atoms with Gasteiger partial charge in [-0.15, -0.1) is 23.1 Å². The van der Waals surface area contributed by atoms with E-state index in [0.29, 0.717) is 5.75 Å². The summed E-state index contributed by atoms with van der Waals surface area (Å²) in [6.45, 7) is 4.06. The number of aryl methyl sites for hydroxylation is 2. The van der Waals surface area contributed by atoms with Gasteiger partial charge in [0.15, 0.2) is 4.96 Å². The lowest BCUT2D eigenvalue weighted by atomic mass is 10.2. The number of thioether (sulfide) groups is 1. The highest BCUT2D eigenvalue weighted by Gasteiger charge is 2.06. The highest BCUT2D eigenvalue weighted by molar-refractivity contribution is 7.98. The number of hydrogen-bond donors (Lipinski definition) is 0. The molecule has 102 valence electrons. The Morgan fingerprint density at radius 2 is 2.15 bits per heavy atom. The molecule has 1 aromatic carbocycles. The Hall–Kier alpha value is -1.59. The molecule has 0 atom stereocenters. The molecule has 0 unspecified atom stereocenters. The van der Waals surface area contributed by atoms with Crippen LogP contribution < -0.4 is 5.56 Å². The fourth-order valence-electron chi connectivity index (χ4n) is 1.99. The lowest BCUT2D eigenvalue weighted by Crippen LogP contribution is -2.12. The first-order valence-electron chi connectivity index (χ1n) is 6.30. The highest BCUT2D eigenvalue weighted by Crippen LogP contribution is 2.23. The second kappa shape index (κ2) is 5.42. The van der Waals surface area contributed by atoms with E-state index in [4.69, 9.17) is 0 Å². The molecule has 5 heteroatoms. The molecular weight excluding hydrogens is 288 g/mol. The van der Waals surface area contributed by atoms with Crippen LogP contribution >= 0.6 is 23.1 Å². The van der Waals surface area contributed by atoms with Crippen LogP contribution in [-0.2, 0) is 5.75 Å². The Bertz CT molecular complexity index is 820. The van der Waals surface area contributed by atoms with Gasteiger partial charge >= 0.3 is 0 Å². The average molecular weight is 302 g/mol. The van der Waals surface area contributed by atoms with Crippen molar-refractivity contribution in [3.8, 4) is 0 Å². The van der Waals surface area contributed by atoms with Crippen molar-refractivity contribution < 1.29 is 0 Å². The van der Waals surface area contributed by atoms with E-state index in [1.165, 1.54) is 10.5 Å². The van der Waals surface area contributed by atoms with Gasteiger partial charge in [-0.2, -0.15) is 0 Å².